The quantitative estimate of drug-likeness (QED) is 0.910. The predicted molar refractivity (Wildman–Crippen MR) is 65.5 cm³/mol. The Balaban J connectivity index is 2.51. The highest BCUT2D eigenvalue weighted by Crippen LogP contribution is 2.37. The molecule has 0 radical (unpaired) electrons. The first-order chi connectivity index (χ1) is 8.41. The SMILES string of the molecule is NCc1sc(-c2cccc(Cl)c2)nc1C(F)(F)F. The Morgan fingerprint density at radius 2 is 2.06 bits per heavy atom. The monoisotopic (exact) mass is 292 g/mol. The van der Waals surface area contributed by atoms with Gasteiger partial charge in [0.2, 0.25) is 0 Å². The zero-order valence-electron chi connectivity index (χ0n) is 8.96. The van der Waals surface area contributed by atoms with Crippen molar-refractivity contribution >= 4 is 22.9 Å². The molecule has 0 spiro atoms. The molecule has 1 aromatic heterocycles. The zero-order valence-corrected chi connectivity index (χ0v) is 10.5. The number of alkyl halides is 3. The number of halogens is 4. The van der Waals surface area contributed by atoms with Crippen molar-refractivity contribution in [1.29, 1.82) is 0 Å². The summed E-state index contributed by atoms with van der Waals surface area (Å²) in [7, 11) is 0. The second kappa shape index (κ2) is 4.87. The van der Waals surface area contributed by atoms with Crippen molar-refractivity contribution in [2.45, 2.75) is 12.7 Å². The van der Waals surface area contributed by atoms with Crippen molar-refractivity contribution in [3.8, 4) is 10.6 Å². The van der Waals surface area contributed by atoms with Gasteiger partial charge in [0, 0.05) is 17.1 Å². The number of aromatic nitrogens is 1. The van der Waals surface area contributed by atoms with Gasteiger partial charge in [0.25, 0.3) is 0 Å². The number of thiazole rings is 1. The predicted octanol–water partition coefficient (Wildman–Crippen LogP) is 3.94. The Morgan fingerprint density at radius 3 is 2.56 bits per heavy atom. The topological polar surface area (TPSA) is 38.9 Å². The van der Waals surface area contributed by atoms with Crippen molar-refractivity contribution in [2.24, 2.45) is 5.73 Å². The van der Waals surface area contributed by atoms with E-state index in [1.165, 1.54) is 0 Å². The summed E-state index contributed by atoms with van der Waals surface area (Å²) in [5.41, 5.74) is 4.95. The summed E-state index contributed by atoms with van der Waals surface area (Å²) in [6.45, 7) is -0.187. The summed E-state index contributed by atoms with van der Waals surface area (Å²) in [5, 5.41) is 0.718. The van der Waals surface area contributed by atoms with E-state index in [9.17, 15) is 13.2 Å². The zero-order chi connectivity index (χ0) is 13.3. The van der Waals surface area contributed by atoms with E-state index in [1.54, 1.807) is 24.3 Å². The van der Waals surface area contributed by atoms with Crippen LogP contribution in [0.4, 0.5) is 13.2 Å². The molecule has 0 fully saturated rings. The van der Waals surface area contributed by atoms with Crippen molar-refractivity contribution in [3.63, 3.8) is 0 Å². The molecule has 18 heavy (non-hydrogen) atoms. The lowest BCUT2D eigenvalue weighted by Crippen LogP contribution is -2.10. The largest absolute Gasteiger partial charge is 0.434 e. The molecule has 0 saturated carbocycles. The van der Waals surface area contributed by atoms with Crippen LogP contribution in [-0.4, -0.2) is 4.98 Å². The van der Waals surface area contributed by atoms with E-state index in [4.69, 9.17) is 17.3 Å². The van der Waals surface area contributed by atoms with Crippen LogP contribution in [-0.2, 0) is 12.7 Å². The maximum absolute atomic E-state index is 12.7. The smallest absolute Gasteiger partial charge is 0.326 e. The third-order valence-corrected chi connectivity index (χ3v) is 3.58. The second-order valence-corrected chi connectivity index (χ2v) is 5.02. The maximum atomic E-state index is 12.7. The minimum Gasteiger partial charge on any atom is -0.326 e. The maximum Gasteiger partial charge on any atom is 0.434 e. The van der Waals surface area contributed by atoms with Crippen LogP contribution in [0.3, 0.4) is 0 Å². The molecular formula is C11H8ClF3N2S. The van der Waals surface area contributed by atoms with Crippen LogP contribution in [0.1, 0.15) is 10.6 Å². The van der Waals surface area contributed by atoms with Crippen molar-refractivity contribution in [2.75, 3.05) is 0 Å². The molecular weight excluding hydrogens is 285 g/mol. The lowest BCUT2D eigenvalue weighted by molar-refractivity contribution is -0.141. The molecule has 7 heteroatoms. The number of benzene rings is 1. The van der Waals surface area contributed by atoms with Crippen molar-refractivity contribution in [3.05, 3.63) is 39.9 Å². The second-order valence-electron chi connectivity index (χ2n) is 3.50. The van der Waals surface area contributed by atoms with Crippen LogP contribution in [0.2, 0.25) is 5.02 Å². The van der Waals surface area contributed by atoms with Gasteiger partial charge in [-0.25, -0.2) is 4.98 Å². The Morgan fingerprint density at radius 1 is 1.33 bits per heavy atom. The van der Waals surface area contributed by atoms with Crippen LogP contribution < -0.4 is 5.73 Å². The Bertz CT molecular complexity index is 566. The average molecular weight is 293 g/mol. The van der Waals surface area contributed by atoms with Gasteiger partial charge in [-0.15, -0.1) is 11.3 Å². The van der Waals surface area contributed by atoms with Gasteiger partial charge >= 0.3 is 6.18 Å². The molecule has 0 bridgehead atoms. The van der Waals surface area contributed by atoms with Gasteiger partial charge in [0.1, 0.15) is 5.01 Å². The summed E-state index contributed by atoms with van der Waals surface area (Å²) in [6, 6.07) is 6.54. The summed E-state index contributed by atoms with van der Waals surface area (Å²) in [4.78, 5) is 3.64. The molecule has 2 aromatic rings. The van der Waals surface area contributed by atoms with Crippen LogP contribution in [0.25, 0.3) is 10.6 Å². The summed E-state index contributed by atoms with van der Waals surface area (Å²) in [5.74, 6) is 0. The molecule has 0 amide bonds. The van der Waals surface area contributed by atoms with Gasteiger partial charge in [-0.3, -0.25) is 0 Å². The average Bonchev–Trinajstić information content (AvgIpc) is 2.72. The number of rotatable bonds is 2. The molecule has 0 aliphatic heterocycles. The molecule has 2 N–H and O–H groups in total. The standard InChI is InChI=1S/C11H8ClF3N2S/c12-7-3-1-2-6(4-7)10-17-9(11(13,14)15)8(5-16)18-10/h1-4H,5,16H2. The Kier molecular flexibility index (Phi) is 3.61. The molecule has 0 atom stereocenters. The molecule has 0 unspecified atom stereocenters. The fraction of sp³-hybridized carbons (Fsp3) is 0.182. The van der Waals surface area contributed by atoms with E-state index >= 15 is 0 Å². The number of hydrogen-bond acceptors (Lipinski definition) is 3. The molecule has 1 aromatic carbocycles. The number of nitrogens with two attached hydrogens (primary N) is 1. The fourth-order valence-corrected chi connectivity index (χ4v) is 2.60. The highest BCUT2D eigenvalue weighted by molar-refractivity contribution is 7.15. The van der Waals surface area contributed by atoms with Crippen LogP contribution in [0.5, 0.6) is 0 Å². The highest BCUT2D eigenvalue weighted by atomic mass is 35.5. The highest BCUT2D eigenvalue weighted by Gasteiger charge is 2.37. The minimum atomic E-state index is -4.48. The van der Waals surface area contributed by atoms with E-state index in [1.807, 2.05) is 0 Å². The van der Waals surface area contributed by atoms with E-state index in [0.717, 1.165) is 11.3 Å². The van der Waals surface area contributed by atoms with Gasteiger partial charge < -0.3 is 5.73 Å². The van der Waals surface area contributed by atoms with E-state index < -0.39 is 11.9 Å². The third-order valence-electron chi connectivity index (χ3n) is 2.22. The molecule has 2 rings (SSSR count). The minimum absolute atomic E-state index is 0.0254. The van der Waals surface area contributed by atoms with Crippen LogP contribution in [0.15, 0.2) is 24.3 Å². The first-order valence-electron chi connectivity index (χ1n) is 4.94. The third kappa shape index (κ3) is 2.66. The van der Waals surface area contributed by atoms with E-state index in [-0.39, 0.29) is 16.4 Å². The fourth-order valence-electron chi connectivity index (χ4n) is 1.46. The molecule has 96 valence electrons. The van der Waals surface area contributed by atoms with Crippen LogP contribution >= 0.6 is 22.9 Å². The number of nitrogens with zero attached hydrogens (tertiary/aromatic N) is 1. The van der Waals surface area contributed by atoms with Crippen molar-refractivity contribution < 1.29 is 13.2 Å². The Labute approximate surface area is 110 Å². The lowest BCUT2D eigenvalue weighted by atomic mass is 10.2. The van der Waals surface area contributed by atoms with Crippen LogP contribution in [0, 0.1) is 0 Å². The lowest BCUT2D eigenvalue weighted by Gasteiger charge is -2.03. The molecule has 1 heterocycles. The summed E-state index contributed by atoms with van der Waals surface area (Å²) < 4.78 is 38.1. The van der Waals surface area contributed by atoms with E-state index in [2.05, 4.69) is 4.98 Å². The summed E-state index contributed by atoms with van der Waals surface area (Å²) >= 11 is 6.73. The van der Waals surface area contributed by atoms with Gasteiger partial charge in [-0.2, -0.15) is 13.2 Å². The van der Waals surface area contributed by atoms with Gasteiger partial charge in [0.05, 0.1) is 4.88 Å². The molecule has 0 aliphatic carbocycles. The van der Waals surface area contributed by atoms with E-state index in [0.29, 0.717) is 10.6 Å². The number of hydrogen-bond donors (Lipinski definition) is 1. The van der Waals surface area contributed by atoms with Crippen molar-refractivity contribution in [1.82, 2.24) is 4.98 Å². The molecule has 0 saturated heterocycles. The molecule has 0 aliphatic rings. The van der Waals surface area contributed by atoms with Gasteiger partial charge in [-0.05, 0) is 12.1 Å². The normalized spacial score (nSPS) is 11.8. The summed E-state index contributed by atoms with van der Waals surface area (Å²) in [6.07, 6.45) is -4.48. The first kappa shape index (κ1) is 13.3. The van der Waals surface area contributed by atoms with Gasteiger partial charge in [0.15, 0.2) is 5.69 Å². The molecule has 2 nitrogen and oxygen atoms in total. The van der Waals surface area contributed by atoms with Gasteiger partial charge in [-0.1, -0.05) is 23.7 Å². The Hall–Kier alpha value is -1.11. The first-order valence-corrected chi connectivity index (χ1v) is 6.14.